The molecule has 5 rings (SSSR count). The van der Waals surface area contributed by atoms with Crippen LogP contribution in [0.4, 0.5) is 0 Å². The van der Waals surface area contributed by atoms with E-state index in [0.29, 0.717) is 18.8 Å². The molecule has 3 aromatic heterocycles. The van der Waals surface area contributed by atoms with Gasteiger partial charge in [0.1, 0.15) is 5.76 Å². The Labute approximate surface area is 188 Å². The molecule has 1 N–H and O–H groups in total. The number of rotatable bonds is 6. The fraction of sp³-hybridized carbons (Fsp3) is 0.458. The second-order valence-electron chi connectivity index (χ2n) is 8.78. The fourth-order valence-corrected chi connectivity index (χ4v) is 4.60. The molecule has 8 heteroatoms. The summed E-state index contributed by atoms with van der Waals surface area (Å²) in [5, 5.41) is 7.87. The number of aryl methyl sites for hydroxylation is 2. The van der Waals surface area contributed by atoms with Gasteiger partial charge in [0.25, 0.3) is 5.91 Å². The van der Waals surface area contributed by atoms with Gasteiger partial charge in [-0.1, -0.05) is 6.07 Å². The Morgan fingerprint density at radius 1 is 1.19 bits per heavy atom. The normalized spacial score (nSPS) is 16.6. The number of carbonyl (C=O) groups is 1. The molecule has 1 amide bonds. The van der Waals surface area contributed by atoms with E-state index in [9.17, 15) is 4.79 Å². The number of hydrogen-bond acceptors (Lipinski definition) is 6. The van der Waals surface area contributed by atoms with E-state index in [1.807, 2.05) is 29.8 Å². The first-order valence-corrected chi connectivity index (χ1v) is 11.4. The molecule has 0 unspecified atom stereocenters. The van der Waals surface area contributed by atoms with E-state index in [-0.39, 0.29) is 5.91 Å². The number of fused-ring (bicyclic) bond motifs is 3. The monoisotopic (exact) mass is 434 g/mol. The standard InChI is InChI=1S/C24H30N6O2/c1-17-21-20(32-23(17)24(31)26-9-10-29-13-11-28(2)12-14-29)7-6-18-15-30(27-22(18)21)16-19-5-3-4-8-25-19/h3-5,8,15H,6-7,9-14,16H2,1-2H3,(H,26,31). The van der Waals surface area contributed by atoms with Crippen molar-refractivity contribution in [3.8, 4) is 11.3 Å². The van der Waals surface area contributed by atoms with E-state index in [1.54, 1.807) is 6.20 Å². The molecule has 0 saturated carbocycles. The van der Waals surface area contributed by atoms with E-state index in [1.165, 1.54) is 5.56 Å². The van der Waals surface area contributed by atoms with Gasteiger partial charge in [0.05, 0.1) is 17.9 Å². The van der Waals surface area contributed by atoms with Crippen molar-refractivity contribution in [2.45, 2.75) is 26.3 Å². The largest absolute Gasteiger partial charge is 0.455 e. The van der Waals surface area contributed by atoms with Gasteiger partial charge in [0, 0.05) is 69.2 Å². The minimum absolute atomic E-state index is 0.138. The summed E-state index contributed by atoms with van der Waals surface area (Å²) in [6.07, 6.45) is 5.54. The second kappa shape index (κ2) is 8.88. The summed E-state index contributed by atoms with van der Waals surface area (Å²) in [5.41, 5.74) is 4.95. The average molecular weight is 435 g/mol. The number of nitrogens with zero attached hydrogens (tertiary/aromatic N) is 5. The van der Waals surface area contributed by atoms with Gasteiger partial charge in [-0.25, -0.2) is 0 Å². The molecule has 168 valence electrons. The van der Waals surface area contributed by atoms with Crippen molar-refractivity contribution in [3.05, 3.63) is 58.9 Å². The van der Waals surface area contributed by atoms with Crippen LogP contribution in [0.15, 0.2) is 35.0 Å². The lowest BCUT2D eigenvalue weighted by Crippen LogP contribution is -2.46. The number of hydrogen-bond donors (Lipinski definition) is 1. The number of amides is 1. The number of likely N-dealkylation sites (N-methyl/N-ethyl adjacent to an activating group) is 1. The molecule has 0 bridgehead atoms. The topological polar surface area (TPSA) is 79.4 Å². The van der Waals surface area contributed by atoms with Crippen molar-refractivity contribution in [2.75, 3.05) is 46.3 Å². The maximum Gasteiger partial charge on any atom is 0.287 e. The van der Waals surface area contributed by atoms with Gasteiger partial charge in [-0.15, -0.1) is 0 Å². The summed E-state index contributed by atoms with van der Waals surface area (Å²) in [7, 11) is 2.15. The summed E-state index contributed by atoms with van der Waals surface area (Å²) in [5.74, 6) is 1.14. The van der Waals surface area contributed by atoms with Crippen molar-refractivity contribution in [2.24, 2.45) is 0 Å². The molecule has 1 aliphatic heterocycles. The summed E-state index contributed by atoms with van der Waals surface area (Å²) in [6.45, 7) is 8.32. The molecule has 0 radical (unpaired) electrons. The Morgan fingerprint density at radius 2 is 2.03 bits per heavy atom. The molecule has 1 saturated heterocycles. The fourth-order valence-electron chi connectivity index (χ4n) is 4.60. The Bertz CT molecular complexity index is 1100. The number of nitrogens with one attached hydrogen (secondary N) is 1. The molecule has 2 aliphatic rings. The predicted octanol–water partition coefficient (Wildman–Crippen LogP) is 1.97. The number of pyridine rings is 1. The van der Waals surface area contributed by atoms with Crippen LogP contribution in [0.25, 0.3) is 11.3 Å². The van der Waals surface area contributed by atoms with Crippen molar-refractivity contribution >= 4 is 5.91 Å². The minimum atomic E-state index is -0.138. The highest BCUT2D eigenvalue weighted by molar-refractivity contribution is 5.95. The van der Waals surface area contributed by atoms with Crippen LogP contribution in [0.2, 0.25) is 0 Å². The molecular weight excluding hydrogens is 404 g/mol. The van der Waals surface area contributed by atoms with Crippen LogP contribution in [0, 0.1) is 6.92 Å². The van der Waals surface area contributed by atoms with E-state index in [0.717, 1.165) is 73.8 Å². The maximum absolute atomic E-state index is 12.9. The zero-order valence-corrected chi connectivity index (χ0v) is 18.8. The van der Waals surface area contributed by atoms with Gasteiger partial charge in [-0.3, -0.25) is 19.4 Å². The summed E-state index contributed by atoms with van der Waals surface area (Å²) >= 11 is 0. The lowest BCUT2D eigenvalue weighted by Gasteiger charge is -2.32. The Kier molecular flexibility index (Phi) is 5.80. The Hall–Kier alpha value is -2.97. The first-order valence-electron chi connectivity index (χ1n) is 11.4. The Morgan fingerprint density at radius 3 is 2.81 bits per heavy atom. The molecule has 8 nitrogen and oxygen atoms in total. The van der Waals surface area contributed by atoms with Crippen molar-refractivity contribution in [1.29, 1.82) is 0 Å². The average Bonchev–Trinajstić information content (AvgIpc) is 3.36. The zero-order valence-electron chi connectivity index (χ0n) is 18.8. The van der Waals surface area contributed by atoms with Crippen LogP contribution in [-0.2, 0) is 19.4 Å². The highest BCUT2D eigenvalue weighted by Gasteiger charge is 2.29. The third-order valence-electron chi connectivity index (χ3n) is 6.48. The maximum atomic E-state index is 12.9. The van der Waals surface area contributed by atoms with Gasteiger partial charge in [0.2, 0.25) is 0 Å². The van der Waals surface area contributed by atoms with Gasteiger partial charge in [-0.05, 0) is 38.1 Å². The van der Waals surface area contributed by atoms with Crippen LogP contribution < -0.4 is 5.32 Å². The molecule has 4 heterocycles. The highest BCUT2D eigenvalue weighted by atomic mass is 16.4. The highest BCUT2D eigenvalue weighted by Crippen LogP contribution is 2.38. The van der Waals surface area contributed by atoms with Crippen LogP contribution in [0.3, 0.4) is 0 Å². The van der Waals surface area contributed by atoms with Crippen LogP contribution in [-0.4, -0.2) is 76.8 Å². The molecular formula is C24H30N6O2. The number of piperazine rings is 1. The van der Waals surface area contributed by atoms with Crippen LogP contribution in [0.5, 0.6) is 0 Å². The van der Waals surface area contributed by atoms with Gasteiger partial charge in [-0.2, -0.15) is 5.10 Å². The van der Waals surface area contributed by atoms with Crippen LogP contribution >= 0.6 is 0 Å². The van der Waals surface area contributed by atoms with E-state index < -0.39 is 0 Å². The van der Waals surface area contributed by atoms with Crippen LogP contribution in [0.1, 0.15) is 33.1 Å². The molecule has 32 heavy (non-hydrogen) atoms. The lowest BCUT2D eigenvalue weighted by molar-refractivity contribution is 0.0911. The molecule has 0 spiro atoms. The first-order chi connectivity index (χ1) is 15.6. The number of furan rings is 1. The van der Waals surface area contributed by atoms with Crippen molar-refractivity contribution in [1.82, 2.24) is 29.9 Å². The molecule has 0 aromatic carbocycles. The minimum Gasteiger partial charge on any atom is -0.455 e. The van der Waals surface area contributed by atoms with Gasteiger partial charge >= 0.3 is 0 Å². The predicted molar refractivity (Wildman–Crippen MR) is 122 cm³/mol. The molecule has 1 fully saturated rings. The van der Waals surface area contributed by atoms with E-state index in [2.05, 4.69) is 33.3 Å². The molecule has 0 atom stereocenters. The van der Waals surface area contributed by atoms with E-state index in [4.69, 9.17) is 9.52 Å². The SMILES string of the molecule is Cc1c(C(=O)NCCN2CCN(C)CC2)oc2c1-c1nn(Cc3ccccn3)cc1CC2. The second-order valence-corrected chi connectivity index (χ2v) is 8.78. The Balaban J connectivity index is 1.28. The number of carbonyl (C=O) groups excluding carboxylic acids is 1. The smallest absolute Gasteiger partial charge is 0.287 e. The van der Waals surface area contributed by atoms with Crippen molar-refractivity contribution in [3.63, 3.8) is 0 Å². The summed E-state index contributed by atoms with van der Waals surface area (Å²) in [6, 6.07) is 5.90. The quantitative estimate of drug-likeness (QED) is 0.639. The number of aromatic nitrogens is 3. The van der Waals surface area contributed by atoms with Crippen molar-refractivity contribution < 1.29 is 9.21 Å². The van der Waals surface area contributed by atoms with Gasteiger partial charge in [0.15, 0.2) is 5.76 Å². The van der Waals surface area contributed by atoms with Gasteiger partial charge < -0.3 is 14.6 Å². The lowest BCUT2D eigenvalue weighted by atomic mass is 9.93. The third-order valence-corrected chi connectivity index (χ3v) is 6.48. The third kappa shape index (κ3) is 4.20. The first kappa shape index (κ1) is 20.9. The molecule has 3 aromatic rings. The van der Waals surface area contributed by atoms with E-state index >= 15 is 0 Å². The zero-order chi connectivity index (χ0) is 22.1. The summed E-state index contributed by atoms with van der Waals surface area (Å²) in [4.78, 5) is 22.0. The molecule has 1 aliphatic carbocycles. The summed E-state index contributed by atoms with van der Waals surface area (Å²) < 4.78 is 7.98.